The van der Waals surface area contributed by atoms with E-state index in [-0.39, 0.29) is 23.9 Å². The number of benzene rings is 4. The number of rotatable bonds is 8. The molecule has 3 atom stereocenters. The van der Waals surface area contributed by atoms with Crippen molar-refractivity contribution in [2.45, 2.75) is 44.2 Å². The van der Waals surface area contributed by atoms with E-state index in [1.807, 2.05) is 60.7 Å². The molecule has 0 saturated heterocycles. The van der Waals surface area contributed by atoms with Gasteiger partial charge in [0.05, 0.1) is 11.7 Å². The first-order valence-corrected chi connectivity index (χ1v) is 12.5. The van der Waals surface area contributed by atoms with Gasteiger partial charge >= 0.3 is 5.97 Å². The molecule has 4 aromatic carbocycles. The first kappa shape index (κ1) is 24.0. The van der Waals surface area contributed by atoms with E-state index in [4.69, 9.17) is 4.74 Å². The molecule has 3 unspecified atom stereocenters. The summed E-state index contributed by atoms with van der Waals surface area (Å²) < 4.78 is 20.5. The molecule has 4 nitrogen and oxygen atoms in total. The molecule has 5 heteroatoms. The molecule has 0 amide bonds. The summed E-state index contributed by atoms with van der Waals surface area (Å²) in [5.41, 5.74) is 3.50. The van der Waals surface area contributed by atoms with E-state index in [2.05, 4.69) is 18.3 Å². The van der Waals surface area contributed by atoms with Crippen molar-refractivity contribution in [2.75, 3.05) is 6.54 Å². The summed E-state index contributed by atoms with van der Waals surface area (Å²) in [6.45, 7) is 2.92. The molecule has 184 valence electrons. The van der Waals surface area contributed by atoms with Gasteiger partial charge in [-0.2, -0.15) is 0 Å². The van der Waals surface area contributed by atoms with Crippen molar-refractivity contribution >= 4 is 16.7 Å². The zero-order chi connectivity index (χ0) is 25.1. The topological polar surface area (TPSA) is 58.6 Å². The fraction of sp³-hybridized carbons (Fsp3) is 0.258. The number of halogens is 1. The van der Waals surface area contributed by atoms with Gasteiger partial charge < -0.3 is 15.2 Å². The highest BCUT2D eigenvalue weighted by Crippen LogP contribution is 2.41. The van der Waals surface area contributed by atoms with Crippen LogP contribution in [0.5, 0.6) is 5.75 Å². The predicted molar refractivity (Wildman–Crippen MR) is 140 cm³/mol. The maximum absolute atomic E-state index is 14.2. The normalized spacial score (nSPS) is 17.8. The molecule has 0 bridgehead atoms. The zero-order valence-electron chi connectivity index (χ0n) is 20.3. The zero-order valence-corrected chi connectivity index (χ0v) is 20.3. The summed E-state index contributed by atoms with van der Waals surface area (Å²) in [6.07, 6.45) is 2.66. The summed E-state index contributed by atoms with van der Waals surface area (Å²) in [4.78, 5) is 11.5. The molecule has 2 N–H and O–H groups in total. The Balaban J connectivity index is 1.24. The van der Waals surface area contributed by atoms with E-state index in [1.165, 1.54) is 0 Å². The second kappa shape index (κ2) is 10.5. The maximum atomic E-state index is 14.2. The van der Waals surface area contributed by atoms with Crippen molar-refractivity contribution in [1.82, 2.24) is 5.32 Å². The molecule has 36 heavy (non-hydrogen) atoms. The minimum absolute atomic E-state index is 0.0436. The first-order valence-electron chi connectivity index (χ1n) is 12.5. The van der Waals surface area contributed by atoms with Crippen molar-refractivity contribution in [3.63, 3.8) is 0 Å². The number of hydrogen-bond donors (Lipinski definition) is 2. The largest absolute Gasteiger partial charge is 0.490 e. The maximum Gasteiger partial charge on any atom is 0.335 e. The number of carboxylic acid groups (broad SMARTS) is 1. The van der Waals surface area contributed by atoms with Gasteiger partial charge in [-0.1, -0.05) is 60.7 Å². The summed E-state index contributed by atoms with van der Waals surface area (Å²) in [5, 5.41) is 14.6. The van der Waals surface area contributed by atoms with Crippen molar-refractivity contribution in [3.8, 4) is 5.75 Å². The third-order valence-corrected chi connectivity index (χ3v) is 7.15. The number of fused-ring (bicyclic) bond motifs is 2. The summed E-state index contributed by atoms with van der Waals surface area (Å²) in [6, 6.07) is 26.4. The third-order valence-electron chi connectivity index (χ3n) is 7.15. The lowest BCUT2D eigenvalue weighted by Crippen LogP contribution is -2.28. The van der Waals surface area contributed by atoms with Crippen LogP contribution < -0.4 is 10.1 Å². The molecule has 0 aromatic heterocycles. The van der Waals surface area contributed by atoms with Crippen LogP contribution in [0.25, 0.3) is 10.8 Å². The Morgan fingerprint density at radius 2 is 1.81 bits per heavy atom. The van der Waals surface area contributed by atoms with E-state index >= 15 is 0 Å². The molecule has 4 aromatic rings. The van der Waals surface area contributed by atoms with Crippen LogP contribution in [0.4, 0.5) is 4.39 Å². The number of ether oxygens (including phenoxy) is 1. The molecule has 0 radical (unpaired) electrons. The summed E-state index contributed by atoms with van der Waals surface area (Å²) in [7, 11) is 0. The third kappa shape index (κ3) is 4.98. The number of hydrogen-bond acceptors (Lipinski definition) is 3. The highest BCUT2D eigenvalue weighted by molar-refractivity contribution is 5.88. The SMILES string of the molecule is CC(NCCCC1CC(c2cccc(C(=O)O)c2)c2ccccc2O1)c1ccc(F)c2ccccc12. The monoisotopic (exact) mass is 483 g/mol. The molecule has 1 heterocycles. The highest BCUT2D eigenvalue weighted by atomic mass is 19.1. The Labute approximate surface area is 210 Å². The average Bonchev–Trinajstić information content (AvgIpc) is 2.91. The number of nitrogens with one attached hydrogen (secondary N) is 1. The van der Waals surface area contributed by atoms with E-state index < -0.39 is 5.97 Å². The van der Waals surface area contributed by atoms with Gasteiger partial charge in [0.1, 0.15) is 11.6 Å². The van der Waals surface area contributed by atoms with Crippen LogP contribution in [0.15, 0.2) is 84.9 Å². The van der Waals surface area contributed by atoms with Gasteiger partial charge in [-0.3, -0.25) is 0 Å². The van der Waals surface area contributed by atoms with Crippen LogP contribution in [0.2, 0.25) is 0 Å². The quantitative estimate of drug-likeness (QED) is 0.263. The highest BCUT2D eigenvalue weighted by Gasteiger charge is 2.29. The van der Waals surface area contributed by atoms with Gasteiger partial charge in [0.15, 0.2) is 0 Å². The average molecular weight is 484 g/mol. The van der Waals surface area contributed by atoms with Crippen molar-refractivity contribution < 1.29 is 19.0 Å². The Bertz CT molecular complexity index is 1390. The van der Waals surface area contributed by atoms with Gasteiger partial charge in [0, 0.05) is 22.9 Å². The number of carboxylic acids is 1. The molecular formula is C31H30FNO3. The Kier molecular flexibility index (Phi) is 7.01. The number of carbonyl (C=O) groups is 1. The second-order valence-electron chi connectivity index (χ2n) is 9.50. The molecule has 0 saturated carbocycles. The van der Waals surface area contributed by atoms with Crippen molar-refractivity contribution in [2.24, 2.45) is 0 Å². The van der Waals surface area contributed by atoms with Crippen molar-refractivity contribution in [1.29, 1.82) is 0 Å². The standard InChI is InChI=1S/C31H30FNO3/c1-20(24-15-16-29(32)26-12-3-2-11-25(24)26)33-17-7-10-23-19-28(27-13-4-5-14-30(27)36-23)21-8-6-9-22(18-21)31(34)35/h2-6,8-9,11-16,18,20,23,28,33H,7,10,17,19H2,1H3,(H,34,35). The minimum atomic E-state index is -0.914. The first-order chi connectivity index (χ1) is 17.5. The van der Waals surface area contributed by atoms with Gasteiger partial charge in [-0.15, -0.1) is 0 Å². The van der Waals surface area contributed by atoms with Gasteiger partial charge in [0.25, 0.3) is 0 Å². The second-order valence-corrected chi connectivity index (χ2v) is 9.50. The summed E-state index contributed by atoms with van der Waals surface area (Å²) >= 11 is 0. The molecule has 1 aliphatic rings. The van der Waals surface area contributed by atoms with E-state index in [1.54, 1.807) is 18.2 Å². The van der Waals surface area contributed by atoms with Crippen LogP contribution in [-0.4, -0.2) is 23.7 Å². The number of para-hydroxylation sites is 1. The van der Waals surface area contributed by atoms with Crippen molar-refractivity contribution in [3.05, 3.63) is 113 Å². The van der Waals surface area contributed by atoms with Gasteiger partial charge in [-0.25, -0.2) is 9.18 Å². The Morgan fingerprint density at radius 3 is 2.64 bits per heavy atom. The molecule has 0 aliphatic carbocycles. The fourth-order valence-electron chi connectivity index (χ4n) is 5.30. The molecule has 0 fully saturated rings. The summed E-state index contributed by atoms with van der Waals surface area (Å²) in [5.74, 6) is -0.141. The molecule has 1 aliphatic heterocycles. The molecule has 5 rings (SSSR count). The Morgan fingerprint density at radius 1 is 1.03 bits per heavy atom. The Hall–Kier alpha value is -3.70. The van der Waals surface area contributed by atoms with E-state index in [0.29, 0.717) is 10.9 Å². The van der Waals surface area contributed by atoms with E-state index in [9.17, 15) is 14.3 Å². The van der Waals surface area contributed by atoms with E-state index in [0.717, 1.165) is 53.6 Å². The van der Waals surface area contributed by atoms with Crippen LogP contribution in [0.3, 0.4) is 0 Å². The van der Waals surface area contributed by atoms with Crippen LogP contribution >= 0.6 is 0 Å². The smallest absolute Gasteiger partial charge is 0.335 e. The van der Waals surface area contributed by atoms with Crippen LogP contribution in [-0.2, 0) is 0 Å². The lowest BCUT2D eigenvalue weighted by atomic mass is 9.83. The number of aromatic carboxylic acids is 1. The van der Waals surface area contributed by atoms with Crippen LogP contribution in [0.1, 0.15) is 65.2 Å². The predicted octanol–water partition coefficient (Wildman–Crippen LogP) is 7.09. The fourth-order valence-corrected chi connectivity index (χ4v) is 5.30. The lowest BCUT2D eigenvalue weighted by Gasteiger charge is -2.33. The van der Waals surface area contributed by atoms with Crippen LogP contribution in [0, 0.1) is 5.82 Å². The molecule has 0 spiro atoms. The molecular weight excluding hydrogens is 453 g/mol. The lowest BCUT2D eigenvalue weighted by molar-refractivity contribution is 0.0696. The van der Waals surface area contributed by atoms with Gasteiger partial charge in [0.2, 0.25) is 0 Å². The van der Waals surface area contributed by atoms with Gasteiger partial charge in [-0.05, 0) is 73.5 Å². The minimum Gasteiger partial charge on any atom is -0.490 e.